The number of nitrogens with zero attached hydrogens (tertiary/aromatic N) is 2. The molecule has 1 aliphatic heterocycles. The summed E-state index contributed by atoms with van der Waals surface area (Å²) < 4.78 is 30.6. The molecule has 4 rings (SSSR count). The summed E-state index contributed by atoms with van der Waals surface area (Å²) in [7, 11) is -3.66. The van der Waals surface area contributed by atoms with Gasteiger partial charge >= 0.3 is 4.87 Å². The molecule has 32 heavy (non-hydrogen) atoms. The molecule has 0 atom stereocenters. The van der Waals surface area contributed by atoms with Crippen LogP contribution in [0.25, 0.3) is 10.2 Å². The molecule has 0 spiro atoms. The number of sulfonamides is 1. The molecular weight excluding hydrogens is 446 g/mol. The lowest BCUT2D eigenvalue weighted by Crippen LogP contribution is -2.32. The van der Waals surface area contributed by atoms with E-state index >= 15 is 0 Å². The number of fused-ring (bicyclic) bond motifs is 1. The van der Waals surface area contributed by atoms with Crippen molar-refractivity contribution in [1.29, 1.82) is 0 Å². The van der Waals surface area contributed by atoms with Gasteiger partial charge in [0.1, 0.15) is 0 Å². The smallest absolute Gasteiger partial charge is 0.308 e. The highest BCUT2D eigenvalue weighted by molar-refractivity contribution is 7.89. The fourth-order valence-corrected chi connectivity index (χ4v) is 6.85. The Morgan fingerprint density at radius 2 is 1.78 bits per heavy atom. The summed E-state index contributed by atoms with van der Waals surface area (Å²) in [5.74, 6) is -0.390. The van der Waals surface area contributed by atoms with Gasteiger partial charge in [-0.25, -0.2) is 8.42 Å². The van der Waals surface area contributed by atoms with Crippen LogP contribution in [-0.2, 0) is 16.6 Å². The second-order valence-corrected chi connectivity index (χ2v) is 10.9. The summed E-state index contributed by atoms with van der Waals surface area (Å²) in [6.45, 7) is 5.28. The van der Waals surface area contributed by atoms with E-state index in [1.54, 1.807) is 35.8 Å². The second kappa shape index (κ2) is 9.17. The molecule has 0 bridgehead atoms. The molecule has 0 aliphatic carbocycles. The molecule has 0 radical (unpaired) electrons. The SMILES string of the molecule is CCn1c(=O)sc2cc(NC(=O)c3ccc(C)c(S(=O)(=O)N4CCCCCC4)c3)ccc21. The Labute approximate surface area is 191 Å². The average molecular weight is 474 g/mol. The van der Waals surface area contributed by atoms with Gasteiger partial charge in [0.15, 0.2) is 0 Å². The molecule has 1 saturated heterocycles. The van der Waals surface area contributed by atoms with Crippen LogP contribution in [0.15, 0.2) is 46.1 Å². The Bertz CT molecular complexity index is 1320. The van der Waals surface area contributed by atoms with Crippen LogP contribution in [0, 0.1) is 6.92 Å². The summed E-state index contributed by atoms with van der Waals surface area (Å²) in [5.41, 5.74) is 2.30. The van der Waals surface area contributed by atoms with Crippen LogP contribution < -0.4 is 10.2 Å². The highest BCUT2D eigenvalue weighted by atomic mass is 32.2. The molecule has 0 unspecified atom stereocenters. The first-order chi connectivity index (χ1) is 15.3. The largest absolute Gasteiger partial charge is 0.322 e. The van der Waals surface area contributed by atoms with Gasteiger partial charge in [0.2, 0.25) is 10.0 Å². The fraction of sp³-hybridized carbons (Fsp3) is 0.391. The summed E-state index contributed by atoms with van der Waals surface area (Å²) >= 11 is 1.14. The quantitative estimate of drug-likeness (QED) is 0.601. The van der Waals surface area contributed by atoms with E-state index in [0.717, 1.165) is 47.2 Å². The van der Waals surface area contributed by atoms with Crippen molar-refractivity contribution in [3.63, 3.8) is 0 Å². The number of aryl methyl sites for hydroxylation is 2. The minimum Gasteiger partial charge on any atom is -0.322 e. The maximum atomic E-state index is 13.3. The molecule has 7 nitrogen and oxygen atoms in total. The molecule has 1 amide bonds. The van der Waals surface area contributed by atoms with Crippen molar-refractivity contribution in [2.45, 2.75) is 51.0 Å². The number of anilines is 1. The van der Waals surface area contributed by atoms with Crippen LogP contribution in [0.2, 0.25) is 0 Å². The van der Waals surface area contributed by atoms with Crippen LogP contribution >= 0.6 is 11.3 Å². The molecule has 0 saturated carbocycles. The predicted octanol–water partition coefficient (Wildman–Crippen LogP) is 4.21. The molecular formula is C23H27N3O4S2. The van der Waals surface area contributed by atoms with Crippen LogP contribution in [0.1, 0.15) is 48.5 Å². The number of hydrogen-bond acceptors (Lipinski definition) is 5. The maximum absolute atomic E-state index is 13.3. The van der Waals surface area contributed by atoms with Crippen molar-refractivity contribution in [3.05, 3.63) is 57.2 Å². The Balaban J connectivity index is 1.61. The number of nitrogens with one attached hydrogen (secondary N) is 1. The molecule has 1 N–H and O–H groups in total. The van der Waals surface area contributed by atoms with E-state index in [4.69, 9.17) is 0 Å². The van der Waals surface area contributed by atoms with E-state index in [0.29, 0.717) is 30.9 Å². The van der Waals surface area contributed by atoms with Crippen LogP contribution in [-0.4, -0.2) is 36.3 Å². The first-order valence-corrected chi connectivity index (χ1v) is 13.1. The van der Waals surface area contributed by atoms with Gasteiger partial charge in [-0.2, -0.15) is 4.31 Å². The van der Waals surface area contributed by atoms with Gasteiger partial charge < -0.3 is 5.32 Å². The molecule has 1 fully saturated rings. The van der Waals surface area contributed by atoms with Gasteiger partial charge in [-0.15, -0.1) is 0 Å². The third kappa shape index (κ3) is 4.37. The average Bonchev–Trinajstić information content (AvgIpc) is 2.92. The summed E-state index contributed by atoms with van der Waals surface area (Å²) in [6, 6.07) is 10.1. The van der Waals surface area contributed by atoms with Gasteiger partial charge in [-0.05, 0) is 62.6 Å². The summed E-state index contributed by atoms with van der Waals surface area (Å²) in [6.07, 6.45) is 3.78. The lowest BCUT2D eigenvalue weighted by molar-refractivity contribution is 0.102. The minimum atomic E-state index is -3.66. The topological polar surface area (TPSA) is 88.5 Å². The van der Waals surface area contributed by atoms with Gasteiger partial charge in [0, 0.05) is 30.9 Å². The van der Waals surface area contributed by atoms with E-state index in [-0.39, 0.29) is 21.2 Å². The van der Waals surface area contributed by atoms with Crippen molar-refractivity contribution in [2.24, 2.45) is 0 Å². The number of amides is 1. The third-order valence-corrected chi connectivity index (χ3v) is 8.86. The molecule has 1 aromatic heterocycles. The number of carbonyl (C=O) groups is 1. The van der Waals surface area contributed by atoms with E-state index in [1.807, 2.05) is 13.0 Å². The van der Waals surface area contributed by atoms with E-state index in [9.17, 15) is 18.0 Å². The van der Waals surface area contributed by atoms with Crippen molar-refractivity contribution >= 4 is 43.2 Å². The first kappa shape index (κ1) is 22.7. The predicted molar refractivity (Wildman–Crippen MR) is 128 cm³/mol. The number of hydrogen-bond donors (Lipinski definition) is 1. The van der Waals surface area contributed by atoms with Crippen molar-refractivity contribution < 1.29 is 13.2 Å². The van der Waals surface area contributed by atoms with Crippen LogP contribution in [0.3, 0.4) is 0 Å². The number of aromatic nitrogens is 1. The lowest BCUT2D eigenvalue weighted by atomic mass is 10.1. The van der Waals surface area contributed by atoms with Gasteiger partial charge in [0.05, 0.1) is 15.1 Å². The fourth-order valence-electron chi connectivity index (χ4n) is 4.09. The standard InChI is InChI=1S/C23H27N3O4S2/c1-3-26-19-11-10-18(15-20(19)31-23(26)28)24-22(27)17-9-8-16(2)21(14-17)32(29,30)25-12-6-4-5-7-13-25/h8-11,14-15H,3-7,12-13H2,1-2H3,(H,24,27). The first-order valence-electron chi connectivity index (χ1n) is 10.9. The Kier molecular flexibility index (Phi) is 6.50. The number of carbonyl (C=O) groups excluding carboxylic acids is 1. The van der Waals surface area contributed by atoms with Crippen molar-refractivity contribution in [2.75, 3.05) is 18.4 Å². The molecule has 170 valence electrons. The third-order valence-electron chi connectivity index (χ3n) is 5.88. The highest BCUT2D eigenvalue weighted by Crippen LogP contribution is 2.26. The Morgan fingerprint density at radius 3 is 2.47 bits per heavy atom. The van der Waals surface area contributed by atoms with E-state index in [2.05, 4.69) is 5.32 Å². The zero-order valence-corrected chi connectivity index (χ0v) is 19.9. The molecule has 9 heteroatoms. The Morgan fingerprint density at radius 1 is 1.06 bits per heavy atom. The van der Waals surface area contributed by atoms with Gasteiger partial charge in [-0.3, -0.25) is 14.2 Å². The minimum absolute atomic E-state index is 0.0344. The number of thiazole rings is 1. The second-order valence-electron chi connectivity index (χ2n) is 8.05. The van der Waals surface area contributed by atoms with Crippen molar-refractivity contribution in [3.8, 4) is 0 Å². The normalized spacial score (nSPS) is 15.6. The maximum Gasteiger partial charge on any atom is 0.308 e. The molecule has 1 aliphatic rings. The molecule has 2 heterocycles. The van der Waals surface area contributed by atoms with Crippen molar-refractivity contribution in [1.82, 2.24) is 8.87 Å². The Hall–Kier alpha value is -2.49. The summed E-state index contributed by atoms with van der Waals surface area (Å²) in [4.78, 5) is 25.1. The van der Waals surface area contributed by atoms with Crippen LogP contribution in [0.4, 0.5) is 5.69 Å². The monoisotopic (exact) mass is 473 g/mol. The van der Waals surface area contributed by atoms with Gasteiger partial charge in [0.25, 0.3) is 5.91 Å². The van der Waals surface area contributed by atoms with E-state index in [1.165, 1.54) is 10.4 Å². The summed E-state index contributed by atoms with van der Waals surface area (Å²) in [5, 5.41) is 2.83. The lowest BCUT2D eigenvalue weighted by Gasteiger charge is -2.21. The van der Waals surface area contributed by atoms with E-state index < -0.39 is 10.0 Å². The molecule has 3 aromatic rings. The number of rotatable bonds is 5. The van der Waals surface area contributed by atoms with Crippen LogP contribution in [0.5, 0.6) is 0 Å². The number of benzene rings is 2. The highest BCUT2D eigenvalue weighted by Gasteiger charge is 2.27. The van der Waals surface area contributed by atoms with Gasteiger partial charge in [-0.1, -0.05) is 30.2 Å². The zero-order chi connectivity index (χ0) is 22.9. The zero-order valence-electron chi connectivity index (χ0n) is 18.3. The molecule has 2 aromatic carbocycles.